The first kappa shape index (κ1) is 13.3. The Balaban J connectivity index is 2.36. The number of benzene rings is 1. The van der Waals surface area contributed by atoms with E-state index in [-0.39, 0.29) is 0 Å². The zero-order chi connectivity index (χ0) is 13.0. The standard InChI is InChI=1S/C14H18BrN3/c1-2-10(6-8-16)18-14-12-4-3-5-13(15)11(12)7-9-17-14/h3-5,7,9-10H,2,6,8,16H2,1H3,(H,17,18). The minimum atomic E-state index is 0.382. The van der Waals surface area contributed by atoms with Crippen LogP contribution in [-0.2, 0) is 0 Å². The second-order valence-electron chi connectivity index (χ2n) is 4.32. The van der Waals surface area contributed by atoms with Gasteiger partial charge in [0.25, 0.3) is 0 Å². The molecule has 0 aliphatic rings. The van der Waals surface area contributed by atoms with E-state index >= 15 is 0 Å². The van der Waals surface area contributed by atoms with Crippen molar-refractivity contribution in [1.29, 1.82) is 0 Å². The highest BCUT2D eigenvalue weighted by molar-refractivity contribution is 9.10. The Kier molecular flexibility index (Phi) is 4.55. The molecule has 0 aliphatic heterocycles. The SMILES string of the molecule is CCC(CCN)Nc1nccc2c(Br)cccc12. The fourth-order valence-corrected chi connectivity index (χ4v) is 2.56. The number of fused-ring (bicyclic) bond motifs is 1. The molecule has 0 aliphatic carbocycles. The summed E-state index contributed by atoms with van der Waals surface area (Å²) >= 11 is 3.57. The van der Waals surface area contributed by atoms with E-state index in [1.54, 1.807) is 0 Å². The Morgan fingerprint density at radius 1 is 1.33 bits per heavy atom. The monoisotopic (exact) mass is 307 g/mol. The molecule has 0 spiro atoms. The van der Waals surface area contributed by atoms with Crippen molar-refractivity contribution < 1.29 is 0 Å². The summed E-state index contributed by atoms with van der Waals surface area (Å²) in [6.45, 7) is 2.86. The van der Waals surface area contributed by atoms with Crippen molar-refractivity contribution in [3.05, 3.63) is 34.9 Å². The predicted molar refractivity (Wildman–Crippen MR) is 80.8 cm³/mol. The summed E-state index contributed by atoms with van der Waals surface area (Å²) in [5, 5.41) is 5.81. The van der Waals surface area contributed by atoms with Gasteiger partial charge in [0.1, 0.15) is 5.82 Å². The quantitative estimate of drug-likeness (QED) is 0.888. The third kappa shape index (κ3) is 2.82. The van der Waals surface area contributed by atoms with E-state index in [4.69, 9.17) is 5.73 Å². The highest BCUT2D eigenvalue weighted by atomic mass is 79.9. The zero-order valence-electron chi connectivity index (χ0n) is 10.5. The number of nitrogens with one attached hydrogen (secondary N) is 1. The molecule has 2 rings (SSSR count). The molecule has 0 fully saturated rings. The molecule has 3 N–H and O–H groups in total. The van der Waals surface area contributed by atoms with Crippen LogP contribution in [-0.4, -0.2) is 17.6 Å². The first-order chi connectivity index (χ1) is 8.76. The largest absolute Gasteiger partial charge is 0.367 e. The lowest BCUT2D eigenvalue weighted by Gasteiger charge is -2.18. The van der Waals surface area contributed by atoms with E-state index in [0.29, 0.717) is 12.6 Å². The van der Waals surface area contributed by atoms with Gasteiger partial charge in [-0.2, -0.15) is 0 Å². The fraction of sp³-hybridized carbons (Fsp3) is 0.357. The van der Waals surface area contributed by atoms with E-state index in [0.717, 1.165) is 28.5 Å². The third-order valence-electron chi connectivity index (χ3n) is 3.10. The number of halogens is 1. The van der Waals surface area contributed by atoms with Gasteiger partial charge in [0.15, 0.2) is 0 Å². The van der Waals surface area contributed by atoms with Gasteiger partial charge in [-0.1, -0.05) is 35.0 Å². The van der Waals surface area contributed by atoms with Crippen molar-refractivity contribution in [2.45, 2.75) is 25.8 Å². The van der Waals surface area contributed by atoms with Crippen molar-refractivity contribution >= 4 is 32.5 Å². The molecule has 2 aromatic rings. The summed E-state index contributed by atoms with van der Waals surface area (Å²) in [4.78, 5) is 4.45. The van der Waals surface area contributed by atoms with Crippen LogP contribution in [0.25, 0.3) is 10.8 Å². The van der Waals surface area contributed by atoms with Crippen LogP contribution in [0, 0.1) is 0 Å². The minimum absolute atomic E-state index is 0.382. The van der Waals surface area contributed by atoms with Crippen LogP contribution < -0.4 is 11.1 Å². The Bertz CT molecular complexity index is 527. The highest BCUT2D eigenvalue weighted by Gasteiger charge is 2.09. The fourth-order valence-electron chi connectivity index (χ4n) is 2.06. The molecule has 1 unspecified atom stereocenters. The van der Waals surface area contributed by atoms with E-state index < -0.39 is 0 Å². The Labute approximate surface area is 116 Å². The first-order valence-corrected chi connectivity index (χ1v) is 7.05. The number of nitrogens with zero attached hydrogens (tertiary/aromatic N) is 1. The Hall–Kier alpha value is -1.13. The molecule has 1 atom stereocenters. The minimum Gasteiger partial charge on any atom is -0.367 e. The van der Waals surface area contributed by atoms with E-state index in [2.05, 4.69) is 39.2 Å². The number of pyridine rings is 1. The van der Waals surface area contributed by atoms with Crippen LogP contribution in [0.4, 0.5) is 5.82 Å². The van der Waals surface area contributed by atoms with Gasteiger partial charge >= 0.3 is 0 Å². The molecule has 0 amide bonds. The van der Waals surface area contributed by atoms with Crippen LogP contribution in [0.2, 0.25) is 0 Å². The van der Waals surface area contributed by atoms with Gasteiger partial charge < -0.3 is 11.1 Å². The van der Waals surface area contributed by atoms with Crippen LogP contribution in [0.15, 0.2) is 34.9 Å². The number of hydrogen-bond acceptors (Lipinski definition) is 3. The molecule has 96 valence electrons. The Morgan fingerprint density at radius 2 is 2.17 bits per heavy atom. The molecule has 3 nitrogen and oxygen atoms in total. The van der Waals surface area contributed by atoms with Gasteiger partial charge in [0, 0.05) is 27.5 Å². The smallest absolute Gasteiger partial charge is 0.134 e. The maximum absolute atomic E-state index is 5.63. The van der Waals surface area contributed by atoms with Gasteiger partial charge in [0.05, 0.1) is 0 Å². The van der Waals surface area contributed by atoms with Gasteiger partial charge in [-0.3, -0.25) is 0 Å². The molecule has 1 aromatic heterocycles. The van der Waals surface area contributed by atoms with Crippen molar-refractivity contribution in [3.8, 4) is 0 Å². The summed E-state index contributed by atoms with van der Waals surface area (Å²) in [5.41, 5.74) is 5.63. The summed E-state index contributed by atoms with van der Waals surface area (Å²) in [7, 11) is 0. The number of nitrogens with two attached hydrogens (primary N) is 1. The molecular formula is C14H18BrN3. The molecule has 0 saturated heterocycles. The molecule has 1 aromatic carbocycles. The molecule has 4 heteroatoms. The molecule has 0 radical (unpaired) electrons. The normalized spacial score (nSPS) is 12.6. The summed E-state index contributed by atoms with van der Waals surface area (Å²) in [6.07, 6.45) is 3.84. The van der Waals surface area contributed by atoms with Crippen LogP contribution in [0.5, 0.6) is 0 Å². The van der Waals surface area contributed by atoms with Crippen LogP contribution >= 0.6 is 15.9 Å². The number of aromatic nitrogens is 1. The van der Waals surface area contributed by atoms with E-state index in [1.165, 1.54) is 5.39 Å². The molecule has 0 saturated carbocycles. The van der Waals surface area contributed by atoms with Crippen molar-refractivity contribution in [2.75, 3.05) is 11.9 Å². The lowest BCUT2D eigenvalue weighted by molar-refractivity contribution is 0.640. The maximum atomic E-state index is 5.63. The van der Waals surface area contributed by atoms with Crippen LogP contribution in [0.3, 0.4) is 0 Å². The van der Waals surface area contributed by atoms with Crippen molar-refractivity contribution in [2.24, 2.45) is 5.73 Å². The average molecular weight is 308 g/mol. The Morgan fingerprint density at radius 3 is 2.89 bits per heavy atom. The summed E-state index contributed by atoms with van der Waals surface area (Å²) < 4.78 is 1.09. The molecule has 18 heavy (non-hydrogen) atoms. The number of hydrogen-bond donors (Lipinski definition) is 2. The van der Waals surface area contributed by atoms with Crippen molar-refractivity contribution in [1.82, 2.24) is 4.98 Å². The molecule has 1 heterocycles. The van der Waals surface area contributed by atoms with Crippen molar-refractivity contribution in [3.63, 3.8) is 0 Å². The zero-order valence-corrected chi connectivity index (χ0v) is 12.1. The number of anilines is 1. The van der Waals surface area contributed by atoms with Gasteiger partial charge in [-0.15, -0.1) is 0 Å². The lowest BCUT2D eigenvalue weighted by atomic mass is 10.1. The topological polar surface area (TPSA) is 50.9 Å². The van der Waals surface area contributed by atoms with Gasteiger partial charge in [-0.05, 0) is 31.5 Å². The summed E-state index contributed by atoms with van der Waals surface area (Å²) in [6, 6.07) is 8.57. The second-order valence-corrected chi connectivity index (χ2v) is 5.18. The van der Waals surface area contributed by atoms with Crippen LogP contribution in [0.1, 0.15) is 19.8 Å². The summed E-state index contributed by atoms with van der Waals surface area (Å²) in [5.74, 6) is 0.939. The van der Waals surface area contributed by atoms with Gasteiger partial charge in [-0.25, -0.2) is 4.98 Å². The third-order valence-corrected chi connectivity index (χ3v) is 3.79. The first-order valence-electron chi connectivity index (χ1n) is 6.26. The average Bonchev–Trinajstić information content (AvgIpc) is 2.39. The molecular weight excluding hydrogens is 290 g/mol. The highest BCUT2D eigenvalue weighted by Crippen LogP contribution is 2.28. The predicted octanol–water partition coefficient (Wildman–Crippen LogP) is 3.54. The maximum Gasteiger partial charge on any atom is 0.134 e. The molecule has 0 bridgehead atoms. The van der Waals surface area contributed by atoms with E-state index in [9.17, 15) is 0 Å². The second kappa shape index (κ2) is 6.16. The van der Waals surface area contributed by atoms with E-state index in [1.807, 2.05) is 24.4 Å². The lowest BCUT2D eigenvalue weighted by Crippen LogP contribution is -2.22. The van der Waals surface area contributed by atoms with Gasteiger partial charge in [0.2, 0.25) is 0 Å². The number of rotatable bonds is 5.